The molecular weight excluding hydrogens is 292 g/mol. The van der Waals surface area contributed by atoms with E-state index in [0.29, 0.717) is 17.3 Å². The second-order valence-corrected chi connectivity index (χ2v) is 6.28. The molecule has 2 N–H and O–H groups in total. The number of carbonyl (C=O) groups excluding carboxylic acids is 1. The lowest BCUT2D eigenvalue weighted by molar-refractivity contribution is 0.0736. The van der Waals surface area contributed by atoms with Gasteiger partial charge in [-0.15, -0.1) is 0 Å². The molecule has 2 saturated carbocycles. The van der Waals surface area contributed by atoms with Gasteiger partial charge in [-0.1, -0.05) is 15.9 Å². The Morgan fingerprint density at radius 3 is 2.61 bits per heavy atom. The molecule has 0 saturated heterocycles. The van der Waals surface area contributed by atoms with E-state index in [1.165, 1.54) is 12.8 Å². The van der Waals surface area contributed by atoms with Gasteiger partial charge >= 0.3 is 0 Å². The molecule has 1 amide bonds. The van der Waals surface area contributed by atoms with Gasteiger partial charge in [-0.3, -0.25) is 4.79 Å². The smallest absolute Gasteiger partial charge is 0.256 e. The number of hydrogen-bond donors (Lipinski definition) is 1. The van der Waals surface area contributed by atoms with E-state index in [9.17, 15) is 4.79 Å². The number of halogens is 1. The first-order valence-electron chi connectivity index (χ1n) is 6.51. The van der Waals surface area contributed by atoms with Gasteiger partial charge in [0.25, 0.3) is 5.91 Å². The molecule has 18 heavy (non-hydrogen) atoms. The van der Waals surface area contributed by atoms with Crippen molar-refractivity contribution in [2.45, 2.75) is 31.7 Å². The number of nitrogens with two attached hydrogens (primary N) is 1. The van der Waals surface area contributed by atoms with E-state index in [-0.39, 0.29) is 5.91 Å². The average Bonchev–Trinajstić information content (AvgIpc) is 3.18. The van der Waals surface area contributed by atoms with Gasteiger partial charge in [0, 0.05) is 22.7 Å². The number of nitrogens with zero attached hydrogens (tertiary/aromatic N) is 1. The molecular formula is C14H17BrN2O. The summed E-state index contributed by atoms with van der Waals surface area (Å²) in [7, 11) is 0. The van der Waals surface area contributed by atoms with E-state index in [1.807, 2.05) is 17.0 Å². The molecule has 0 atom stereocenters. The van der Waals surface area contributed by atoms with Gasteiger partial charge in [0.1, 0.15) is 0 Å². The molecule has 2 aliphatic carbocycles. The van der Waals surface area contributed by atoms with Crippen LogP contribution in [0.2, 0.25) is 0 Å². The van der Waals surface area contributed by atoms with Crippen molar-refractivity contribution in [1.29, 1.82) is 0 Å². The van der Waals surface area contributed by atoms with E-state index in [2.05, 4.69) is 15.9 Å². The largest absolute Gasteiger partial charge is 0.398 e. The van der Waals surface area contributed by atoms with Crippen LogP contribution in [0.4, 0.5) is 5.69 Å². The standard InChI is InChI=1S/C14H17BrN2O/c15-10-3-6-12(13(16)7-10)14(18)17(11-4-5-11)8-9-1-2-9/h3,6-7,9,11H,1-2,4-5,8,16H2. The van der Waals surface area contributed by atoms with Crippen LogP contribution in [0.15, 0.2) is 22.7 Å². The fraction of sp³-hybridized carbons (Fsp3) is 0.500. The Morgan fingerprint density at radius 1 is 1.33 bits per heavy atom. The summed E-state index contributed by atoms with van der Waals surface area (Å²) in [5, 5.41) is 0. The summed E-state index contributed by atoms with van der Waals surface area (Å²) in [5.41, 5.74) is 7.16. The summed E-state index contributed by atoms with van der Waals surface area (Å²) in [6.45, 7) is 0.916. The zero-order valence-electron chi connectivity index (χ0n) is 10.2. The number of nitrogen functional groups attached to an aromatic ring is 1. The third-order valence-corrected chi connectivity index (χ3v) is 4.14. The Kier molecular flexibility index (Phi) is 3.06. The van der Waals surface area contributed by atoms with Crippen LogP contribution in [-0.4, -0.2) is 23.4 Å². The zero-order valence-corrected chi connectivity index (χ0v) is 11.8. The molecule has 1 aromatic carbocycles. The third-order valence-electron chi connectivity index (χ3n) is 3.64. The highest BCUT2D eigenvalue weighted by atomic mass is 79.9. The third kappa shape index (κ3) is 2.53. The number of rotatable bonds is 4. The summed E-state index contributed by atoms with van der Waals surface area (Å²) < 4.78 is 0.914. The monoisotopic (exact) mass is 308 g/mol. The number of anilines is 1. The van der Waals surface area contributed by atoms with Crippen molar-refractivity contribution in [3.05, 3.63) is 28.2 Å². The highest BCUT2D eigenvalue weighted by molar-refractivity contribution is 9.10. The summed E-state index contributed by atoms with van der Waals surface area (Å²) in [6.07, 6.45) is 4.84. The molecule has 3 rings (SSSR count). The van der Waals surface area contributed by atoms with E-state index < -0.39 is 0 Å². The quantitative estimate of drug-likeness (QED) is 0.869. The maximum atomic E-state index is 12.6. The van der Waals surface area contributed by atoms with Crippen molar-refractivity contribution in [3.8, 4) is 0 Å². The number of benzene rings is 1. The first-order chi connectivity index (χ1) is 8.65. The molecule has 96 valence electrons. The van der Waals surface area contributed by atoms with Crippen molar-refractivity contribution in [1.82, 2.24) is 4.90 Å². The average molecular weight is 309 g/mol. The van der Waals surface area contributed by atoms with Crippen LogP contribution in [0.5, 0.6) is 0 Å². The minimum Gasteiger partial charge on any atom is -0.398 e. The second-order valence-electron chi connectivity index (χ2n) is 5.36. The summed E-state index contributed by atoms with van der Waals surface area (Å²) >= 11 is 3.37. The van der Waals surface area contributed by atoms with Crippen LogP contribution in [-0.2, 0) is 0 Å². The van der Waals surface area contributed by atoms with E-state index in [0.717, 1.165) is 29.8 Å². The minimum atomic E-state index is 0.106. The lowest BCUT2D eigenvalue weighted by atomic mass is 10.1. The van der Waals surface area contributed by atoms with Crippen molar-refractivity contribution < 1.29 is 4.79 Å². The van der Waals surface area contributed by atoms with Crippen LogP contribution in [0.3, 0.4) is 0 Å². The predicted octanol–water partition coefficient (Wildman–Crippen LogP) is 3.05. The molecule has 0 spiro atoms. The topological polar surface area (TPSA) is 46.3 Å². The number of amides is 1. The highest BCUT2D eigenvalue weighted by Crippen LogP contribution is 2.36. The molecule has 4 heteroatoms. The van der Waals surface area contributed by atoms with Gasteiger partial charge < -0.3 is 10.6 Å². The highest BCUT2D eigenvalue weighted by Gasteiger charge is 2.37. The molecule has 0 bridgehead atoms. The Labute approximate surface area is 115 Å². The van der Waals surface area contributed by atoms with Gasteiger partial charge in [-0.2, -0.15) is 0 Å². The van der Waals surface area contributed by atoms with Crippen molar-refractivity contribution in [2.75, 3.05) is 12.3 Å². The molecule has 0 aromatic heterocycles. The van der Waals surface area contributed by atoms with Gasteiger partial charge in [0.15, 0.2) is 0 Å². The number of carbonyl (C=O) groups is 1. The molecule has 0 aliphatic heterocycles. The lowest BCUT2D eigenvalue weighted by Gasteiger charge is -2.23. The molecule has 0 heterocycles. The summed E-state index contributed by atoms with van der Waals surface area (Å²) in [6, 6.07) is 5.96. The molecule has 0 radical (unpaired) electrons. The summed E-state index contributed by atoms with van der Waals surface area (Å²) in [5.74, 6) is 0.834. The minimum absolute atomic E-state index is 0.106. The Bertz CT molecular complexity index is 481. The molecule has 3 nitrogen and oxygen atoms in total. The second kappa shape index (κ2) is 4.57. The van der Waals surface area contributed by atoms with Gasteiger partial charge in [-0.05, 0) is 49.8 Å². The van der Waals surface area contributed by atoms with E-state index >= 15 is 0 Å². The van der Waals surface area contributed by atoms with Gasteiger partial charge in [-0.25, -0.2) is 0 Å². The Balaban J connectivity index is 1.81. The van der Waals surface area contributed by atoms with Gasteiger partial charge in [0.2, 0.25) is 0 Å². The summed E-state index contributed by atoms with van der Waals surface area (Å²) in [4.78, 5) is 14.6. The van der Waals surface area contributed by atoms with Gasteiger partial charge in [0.05, 0.1) is 5.56 Å². The first kappa shape index (κ1) is 12.0. The van der Waals surface area contributed by atoms with Crippen LogP contribution >= 0.6 is 15.9 Å². The van der Waals surface area contributed by atoms with Crippen LogP contribution in [0.1, 0.15) is 36.0 Å². The van der Waals surface area contributed by atoms with Crippen LogP contribution in [0.25, 0.3) is 0 Å². The van der Waals surface area contributed by atoms with Crippen molar-refractivity contribution in [3.63, 3.8) is 0 Å². The molecule has 2 fully saturated rings. The molecule has 1 aromatic rings. The maximum absolute atomic E-state index is 12.6. The zero-order chi connectivity index (χ0) is 12.7. The van der Waals surface area contributed by atoms with E-state index in [4.69, 9.17) is 5.73 Å². The SMILES string of the molecule is Nc1cc(Br)ccc1C(=O)N(CC1CC1)C1CC1. The Morgan fingerprint density at radius 2 is 2.06 bits per heavy atom. The fourth-order valence-electron chi connectivity index (χ4n) is 2.25. The van der Waals surface area contributed by atoms with Crippen LogP contribution in [0, 0.1) is 5.92 Å². The molecule has 2 aliphatic rings. The maximum Gasteiger partial charge on any atom is 0.256 e. The lowest BCUT2D eigenvalue weighted by Crippen LogP contribution is -2.35. The predicted molar refractivity (Wildman–Crippen MR) is 75.3 cm³/mol. The normalized spacial score (nSPS) is 18.7. The molecule has 0 unspecified atom stereocenters. The Hall–Kier alpha value is -1.03. The van der Waals surface area contributed by atoms with Crippen molar-refractivity contribution >= 4 is 27.5 Å². The fourth-order valence-corrected chi connectivity index (χ4v) is 2.62. The number of hydrogen-bond acceptors (Lipinski definition) is 2. The first-order valence-corrected chi connectivity index (χ1v) is 7.30. The van der Waals surface area contributed by atoms with E-state index in [1.54, 1.807) is 6.07 Å². The van der Waals surface area contributed by atoms with Crippen LogP contribution < -0.4 is 5.73 Å². The van der Waals surface area contributed by atoms with Crippen molar-refractivity contribution in [2.24, 2.45) is 5.92 Å².